The van der Waals surface area contributed by atoms with Crippen LogP contribution >= 0.6 is 0 Å². The first-order chi connectivity index (χ1) is 11.2. The van der Waals surface area contributed by atoms with Crippen molar-refractivity contribution in [3.63, 3.8) is 0 Å². The van der Waals surface area contributed by atoms with Crippen molar-refractivity contribution in [2.45, 2.75) is 20.4 Å². The number of aromatic nitrogens is 1. The number of hydrogen-bond acceptors (Lipinski definition) is 3. The molecule has 0 aliphatic rings. The van der Waals surface area contributed by atoms with Crippen molar-refractivity contribution in [2.24, 2.45) is 5.10 Å². The monoisotopic (exact) mass is 311 g/mol. The summed E-state index contributed by atoms with van der Waals surface area (Å²) in [4.78, 5) is 14.0. The summed E-state index contributed by atoms with van der Waals surface area (Å²) in [5.74, 6) is -0.155. The van der Waals surface area contributed by atoms with Crippen molar-refractivity contribution < 1.29 is 9.36 Å². The highest BCUT2D eigenvalue weighted by molar-refractivity contribution is 5.82. The maximum atomic E-state index is 11.8. The fraction of sp³-hybridized carbons (Fsp3) is 0.278. The van der Waals surface area contributed by atoms with E-state index >= 15 is 0 Å². The van der Waals surface area contributed by atoms with E-state index in [1.54, 1.807) is 10.8 Å². The van der Waals surface area contributed by atoms with Gasteiger partial charge in [0.05, 0.1) is 6.21 Å². The topological polar surface area (TPSA) is 48.6 Å². The molecule has 2 rings (SSSR count). The minimum atomic E-state index is -0.155. The molecule has 0 unspecified atom stereocenters. The Kier molecular flexibility index (Phi) is 6.29. The molecule has 0 saturated carbocycles. The second kappa shape index (κ2) is 8.68. The third-order valence-electron chi connectivity index (χ3n) is 3.53. The van der Waals surface area contributed by atoms with Crippen LogP contribution in [0.2, 0.25) is 0 Å². The SMILES string of the molecule is CCN(CC)c1ccc(/C=N/NC(=O)C[n+]2ccccc2)cc1. The van der Waals surface area contributed by atoms with Crippen molar-refractivity contribution >= 4 is 17.8 Å². The molecule has 0 atom stereocenters. The van der Waals surface area contributed by atoms with E-state index in [1.807, 2.05) is 42.7 Å². The number of carbonyl (C=O) groups is 1. The van der Waals surface area contributed by atoms with Gasteiger partial charge in [-0.15, -0.1) is 0 Å². The Morgan fingerprint density at radius 3 is 2.39 bits per heavy atom. The van der Waals surface area contributed by atoms with Crippen LogP contribution < -0.4 is 14.9 Å². The van der Waals surface area contributed by atoms with Crippen molar-refractivity contribution in [3.05, 3.63) is 60.4 Å². The van der Waals surface area contributed by atoms with Crippen molar-refractivity contribution in [1.82, 2.24) is 5.43 Å². The van der Waals surface area contributed by atoms with Gasteiger partial charge in [0.1, 0.15) is 0 Å². The average Bonchev–Trinajstić information content (AvgIpc) is 2.58. The van der Waals surface area contributed by atoms with Crippen LogP contribution in [0.4, 0.5) is 5.69 Å². The van der Waals surface area contributed by atoms with E-state index in [2.05, 4.69) is 41.4 Å². The lowest BCUT2D eigenvalue weighted by molar-refractivity contribution is -0.684. The lowest BCUT2D eigenvalue weighted by Crippen LogP contribution is -2.40. The molecule has 1 amide bonds. The van der Waals surface area contributed by atoms with Crippen LogP contribution in [-0.2, 0) is 11.3 Å². The quantitative estimate of drug-likeness (QED) is 0.483. The first-order valence-corrected chi connectivity index (χ1v) is 7.84. The Morgan fingerprint density at radius 1 is 1.13 bits per heavy atom. The number of hydrazone groups is 1. The summed E-state index contributed by atoms with van der Waals surface area (Å²) in [6, 6.07) is 13.8. The first-order valence-electron chi connectivity index (χ1n) is 7.84. The summed E-state index contributed by atoms with van der Waals surface area (Å²) in [5.41, 5.74) is 4.68. The number of carbonyl (C=O) groups excluding carboxylic acids is 1. The molecule has 0 radical (unpaired) electrons. The van der Waals surface area contributed by atoms with Crippen LogP contribution in [0.5, 0.6) is 0 Å². The van der Waals surface area contributed by atoms with Gasteiger partial charge >= 0.3 is 5.91 Å². The molecule has 1 aromatic heterocycles. The van der Waals surface area contributed by atoms with Crippen LogP contribution in [0, 0.1) is 0 Å². The van der Waals surface area contributed by atoms with Crippen molar-refractivity contribution in [3.8, 4) is 0 Å². The smallest absolute Gasteiger partial charge is 0.305 e. The maximum absolute atomic E-state index is 11.8. The second-order valence-electron chi connectivity index (χ2n) is 5.10. The van der Waals surface area contributed by atoms with Crippen LogP contribution in [0.25, 0.3) is 0 Å². The number of amides is 1. The third-order valence-corrected chi connectivity index (χ3v) is 3.53. The van der Waals surface area contributed by atoms with E-state index in [0.29, 0.717) is 0 Å². The number of nitrogens with one attached hydrogen (secondary N) is 1. The molecule has 0 fully saturated rings. The van der Waals surface area contributed by atoms with Crippen molar-refractivity contribution in [2.75, 3.05) is 18.0 Å². The zero-order valence-electron chi connectivity index (χ0n) is 13.6. The number of nitrogens with zero attached hydrogens (tertiary/aromatic N) is 3. The number of hydrogen-bond donors (Lipinski definition) is 1. The van der Waals surface area contributed by atoms with Crippen LogP contribution in [-0.4, -0.2) is 25.2 Å². The van der Waals surface area contributed by atoms with Gasteiger partial charge in [-0.1, -0.05) is 18.2 Å². The highest BCUT2D eigenvalue weighted by Gasteiger charge is 2.06. The summed E-state index contributed by atoms with van der Waals surface area (Å²) < 4.78 is 1.80. The van der Waals surface area contributed by atoms with E-state index in [9.17, 15) is 4.79 Å². The van der Waals surface area contributed by atoms with E-state index in [-0.39, 0.29) is 12.5 Å². The fourth-order valence-electron chi connectivity index (χ4n) is 2.28. The number of benzene rings is 1. The third kappa shape index (κ3) is 5.21. The standard InChI is InChI=1S/C18H22N4O/c1-3-22(4-2)17-10-8-16(9-11-17)14-19-20-18(23)15-21-12-6-5-7-13-21/h5-14H,3-4,15H2,1-2H3/p+1/b19-14+. The predicted molar refractivity (Wildman–Crippen MR) is 92.4 cm³/mol. The Morgan fingerprint density at radius 2 is 1.78 bits per heavy atom. The van der Waals surface area contributed by atoms with Gasteiger partial charge in [-0.25, -0.2) is 5.43 Å². The molecule has 1 heterocycles. The Bertz CT molecular complexity index is 634. The second-order valence-corrected chi connectivity index (χ2v) is 5.10. The molecule has 0 saturated heterocycles. The van der Waals surface area contributed by atoms with Crippen molar-refractivity contribution in [1.29, 1.82) is 0 Å². The van der Waals surface area contributed by atoms with Gasteiger partial charge in [0.2, 0.25) is 6.54 Å². The first kappa shape index (κ1) is 16.7. The number of rotatable bonds is 7. The van der Waals surface area contributed by atoms with Gasteiger partial charge in [-0.2, -0.15) is 9.67 Å². The van der Waals surface area contributed by atoms with Gasteiger partial charge in [0.25, 0.3) is 0 Å². The molecule has 0 aliphatic heterocycles. The minimum Gasteiger partial charge on any atom is -0.372 e. The molecule has 0 aliphatic carbocycles. The minimum absolute atomic E-state index is 0.155. The molecule has 0 bridgehead atoms. The van der Waals surface area contributed by atoms with Gasteiger partial charge in [0, 0.05) is 30.9 Å². The predicted octanol–water partition coefficient (Wildman–Crippen LogP) is 1.97. The molecule has 5 heteroatoms. The maximum Gasteiger partial charge on any atom is 0.305 e. The average molecular weight is 311 g/mol. The Hall–Kier alpha value is -2.69. The van der Waals surface area contributed by atoms with E-state index in [4.69, 9.17) is 0 Å². The normalized spacial score (nSPS) is 10.7. The molecule has 1 N–H and O–H groups in total. The van der Waals surface area contributed by atoms with Crippen LogP contribution in [0.3, 0.4) is 0 Å². The van der Waals surface area contributed by atoms with Gasteiger partial charge in [-0.05, 0) is 31.5 Å². The molecule has 0 spiro atoms. The Labute approximate surface area is 137 Å². The molecule has 2 aromatic rings. The van der Waals surface area contributed by atoms with Gasteiger partial charge in [-0.3, -0.25) is 4.79 Å². The molecular weight excluding hydrogens is 288 g/mol. The van der Waals surface area contributed by atoms with E-state index in [1.165, 1.54) is 5.69 Å². The summed E-state index contributed by atoms with van der Waals surface area (Å²) in [6.07, 6.45) is 5.34. The lowest BCUT2D eigenvalue weighted by Gasteiger charge is -2.20. The highest BCUT2D eigenvalue weighted by Crippen LogP contribution is 2.13. The summed E-state index contributed by atoms with van der Waals surface area (Å²) in [7, 11) is 0. The zero-order chi connectivity index (χ0) is 16.5. The summed E-state index contributed by atoms with van der Waals surface area (Å²) in [6.45, 7) is 6.49. The molecule has 120 valence electrons. The molecule has 1 aromatic carbocycles. The fourth-order valence-corrected chi connectivity index (χ4v) is 2.28. The number of anilines is 1. The summed E-state index contributed by atoms with van der Waals surface area (Å²) >= 11 is 0. The van der Waals surface area contributed by atoms with Gasteiger partial charge < -0.3 is 4.90 Å². The van der Waals surface area contributed by atoms with Crippen LogP contribution in [0.15, 0.2) is 60.0 Å². The largest absolute Gasteiger partial charge is 0.372 e. The van der Waals surface area contributed by atoms with E-state index < -0.39 is 0 Å². The van der Waals surface area contributed by atoms with E-state index in [0.717, 1.165) is 18.7 Å². The highest BCUT2D eigenvalue weighted by atomic mass is 16.2. The lowest BCUT2D eigenvalue weighted by atomic mass is 10.2. The van der Waals surface area contributed by atoms with Crippen LogP contribution in [0.1, 0.15) is 19.4 Å². The molecule has 5 nitrogen and oxygen atoms in total. The molecule has 23 heavy (non-hydrogen) atoms. The van der Waals surface area contributed by atoms with Gasteiger partial charge in [0.15, 0.2) is 12.4 Å². The molecular formula is C18H23N4O+. The summed E-state index contributed by atoms with van der Waals surface area (Å²) in [5, 5.41) is 4.00. The number of pyridine rings is 1. The zero-order valence-corrected chi connectivity index (χ0v) is 13.6. The Balaban J connectivity index is 1.86.